The SMILES string of the molecule is COc1[c-]cccc1.O=C1C=c2ccccc2=N1.[Br-].[Mg+2]. The summed E-state index contributed by atoms with van der Waals surface area (Å²) < 4.78 is 4.86. The van der Waals surface area contributed by atoms with Gasteiger partial charge in [0.25, 0.3) is 5.91 Å². The first-order valence-electron chi connectivity index (χ1n) is 5.50. The number of hydrogen-bond donors (Lipinski definition) is 0. The van der Waals surface area contributed by atoms with E-state index < -0.39 is 0 Å². The first-order valence-corrected chi connectivity index (χ1v) is 5.50. The predicted molar refractivity (Wildman–Crippen MR) is 74.3 cm³/mol. The maximum absolute atomic E-state index is 10.7. The number of amides is 1. The van der Waals surface area contributed by atoms with Gasteiger partial charge in [-0.2, -0.15) is 18.2 Å². The van der Waals surface area contributed by atoms with Crippen LogP contribution < -0.4 is 32.3 Å². The molecule has 1 aliphatic heterocycles. The molecule has 0 aromatic heterocycles. The molecule has 0 saturated heterocycles. The van der Waals surface area contributed by atoms with E-state index in [0.717, 1.165) is 16.3 Å². The number of rotatable bonds is 1. The van der Waals surface area contributed by atoms with Crippen molar-refractivity contribution in [3.05, 3.63) is 65.2 Å². The molecule has 1 heterocycles. The molecule has 1 amide bonds. The molecule has 0 bridgehead atoms. The van der Waals surface area contributed by atoms with E-state index in [4.69, 9.17) is 4.74 Å². The maximum Gasteiger partial charge on any atom is 2.00 e. The zero-order valence-corrected chi connectivity index (χ0v) is 14.0. The molecule has 20 heavy (non-hydrogen) atoms. The third-order valence-corrected chi connectivity index (χ3v) is 2.35. The Hall–Kier alpha value is -1.17. The molecule has 3 rings (SSSR count). The number of halogens is 1. The van der Waals surface area contributed by atoms with Gasteiger partial charge in [-0.25, -0.2) is 4.99 Å². The van der Waals surface area contributed by atoms with Gasteiger partial charge in [-0.05, 0) is 6.07 Å². The molecule has 2 aromatic carbocycles. The molecule has 1 aliphatic rings. The summed E-state index contributed by atoms with van der Waals surface area (Å²) in [5.41, 5.74) is 0. The van der Waals surface area contributed by atoms with E-state index in [1.54, 1.807) is 7.11 Å². The Balaban J connectivity index is 0.000000336. The predicted octanol–water partition coefficient (Wildman–Crippen LogP) is -2.25. The van der Waals surface area contributed by atoms with E-state index in [2.05, 4.69) is 11.1 Å². The van der Waals surface area contributed by atoms with E-state index >= 15 is 0 Å². The van der Waals surface area contributed by atoms with Crippen LogP contribution in [0.15, 0.2) is 53.5 Å². The van der Waals surface area contributed by atoms with E-state index in [9.17, 15) is 4.79 Å². The fraction of sp³-hybridized carbons (Fsp3) is 0.0667. The number of carbonyl (C=O) groups is 1. The van der Waals surface area contributed by atoms with Crippen LogP contribution in [0.25, 0.3) is 6.08 Å². The minimum atomic E-state index is -0.152. The summed E-state index contributed by atoms with van der Waals surface area (Å²) >= 11 is 0. The first-order chi connectivity index (χ1) is 8.79. The number of benzene rings is 2. The van der Waals surface area contributed by atoms with Gasteiger partial charge in [0.05, 0.1) is 12.5 Å². The van der Waals surface area contributed by atoms with Gasteiger partial charge in [-0.1, -0.05) is 18.2 Å². The molecule has 0 N–H and O–H groups in total. The van der Waals surface area contributed by atoms with Gasteiger partial charge in [0, 0.05) is 17.0 Å². The summed E-state index contributed by atoms with van der Waals surface area (Å²) in [7, 11) is 1.63. The summed E-state index contributed by atoms with van der Waals surface area (Å²) in [5.74, 6) is 0.633. The van der Waals surface area contributed by atoms with Crippen LogP contribution in [0.5, 0.6) is 5.75 Å². The molecule has 0 spiro atoms. The van der Waals surface area contributed by atoms with Crippen LogP contribution in [-0.4, -0.2) is 36.1 Å². The van der Waals surface area contributed by atoms with Gasteiger partial charge < -0.3 is 21.7 Å². The van der Waals surface area contributed by atoms with Crippen molar-refractivity contribution in [3.63, 3.8) is 0 Å². The second-order valence-electron chi connectivity index (χ2n) is 3.58. The molecule has 98 valence electrons. The second-order valence-corrected chi connectivity index (χ2v) is 3.58. The van der Waals surface area contributed by atoms with Crippen molar-refractivity contribution in [2.75, 3.05) is 7.11 Å². The number of nitrogens with zero attached hydrogens (tertiary/aromatic N) is 1. The molecule has 0 unspecified atom stereocenters. The van der Waals surface area contributed by atoms with Crippen molar-refractivity contribution in [2.24, 2.45) is 4.99 Å². The molecule has 0 aliphatic carbocycles. The van der Waals surface area contributed by atoms with Crippen molar-refractivity contribution in [3.8, 4) is 5.75 Å². The largest absolute Gasteiger partial charge is 2.00 e. The summed E-state index contributed by atoms with van der Waals surface area (Å²) in [5, 5.41) is 1.71. The minimum Gasteiger partial charge on any atom is -1.00 e. The Morgan fingerprint density at radius 3 is 2.35 bits per heavy atom. The molecule has 0 fully saturated rings. The fourth-order valence-electron chi connectivity index (χ4n) is 1.50. The number of fused-ring (bicyclic) bond motifs is 1. The van der Waals surface area contributed by atoms with Crippen molar-refractivity contribution in [2.45, 2.75) is 0 Å². The van der Waals surface area contributed by atoms with E-state index in [-0.39, 0.29) is 45.9 Å². The first kappa shape index (κ1) is 18.8. The van der Waals surface area contributed by atoms with Gasteiger partial charge in [0.2, 0.25) is 0 Å². The number of hydrogen-bond acceptors (Lipinski definition) is 2. The Kier molecular flexibility index (Phi) is 9.12. The fourth-order valence-corrected chi connectivity index (χ4v) is 1.50. The van der Waals surface area contributed by atoms with Gasteiger partial charge in [-0.3, -0.25) is 4.79 Å². The van der Waals surface area contributed by atoms with Crippen molar-refractivity contribution >= 4 is 35.0 Å². The minimum absolute atomic E-state index is 0. The van der Waals surface area contributed by atoms with E-state index in [1.807, 2.05) is 48.5 Å². The third kappa shape index (κ3) is 5.44. The van der Waals surface area contributed by atoms with Crippen LogP contribution in [-0.2, 0) is 4.79 Å². The van der Waals surface area contributed by atoms with Crippen molar-refractivity contribution in [1.29, 1.82) is 0 Å². The van der Waals surface area contributed by atoms with Gasteiger partial charge in [0.15, 0.2) is 0 Å². The number of methoxy groups -OCH3 is 1. The number of carbonyl (C=O) groups excluding carboxylic acids is 1. The van der Waals surface area contributed by atoms with Gasteiger partial charge >= 0.3 is 23.1 Å². The van der Waals surface area contributed by atoms with E-state index in [0.29, 0.717) is 0 Å². The molecule has 0 atom stereocenters. The summed E-state index contributed by atoms with van der Waals surface area (Å²) in [6.45, 7) is 0. The molecule has 0 saturated carbocycles. The monoisotopic (exact) mass is 341 g/mol. The average molecular weight is 342 g/mol. The van der Waals surface area contributed by atoms with Crippen LogP contribution in [0.1, 0.15) is 0 Å². The summed E-state index contributed by atoms with van der Waals surface area (Å²) in [6.07, 6.45) is 1.54. The quantitative estimate of drug-likeness (QED) is 0.434. The van der Waals surface area contributed by atoms with Gasteiger partial charge in [0.1, 0.15) is 0 Å². The van der Waals surface area contributed by atoms with E-state index in [1.165, 1.54) is 6.08 Å². The van der Waals surface area contributed by atoms with Crippen LogP contribution in [0, 0.1) is 6.07 Å². The Morgan fingerprint density at radius 1 is 1.10 bits per heavy atom. The van der Waals surface area contributed by atoms with Crippen LogP contribution in [0.4, 0.5) is 0 Å². The summed E-state index contributed by atoms with van der Waals surface area (Å²) in [4.78, 5) is 14.4. The molecular formula is C15H12BrMgNO2. The Bertz CT molecular complexity index is 622. The third-order valence-electron chi connectivity index (χ3n) is 2.35. The average Bonchev–Trinajstić information content (AvgIpc) is 2.80. The topological polar surface area (TPSA) is 38.7 Å². The van der Waals surface area contributed by atoms with Crippen LogP contribution in [0.2, 0.25) is 0 Å². The molecule has 3 nitrogen and oxygen atoms in total. The van der Waals surface area contributed by atoms with Gasteiger partial charge in [-0.15, -0.1) is 12.1 Å². The Morgan fingerprint density at radius 2 is 1.80 bits per heavy atom. The molecular weight excluding hydrogens is 330 g/mol. The number of ether oxygens (including phenoxy) is 1. The standard InChI is InChI=1S/C8H5NO.C7H7O.BrH.Mg/c10-8-5-6-3-1-2-4-7(6)9-8;1-8-7-5-3-2-4-6-7;;/h1-5H;2-5H,1H3;1H;/q;-1;;+2/p-1. The zero-order chi connectivity index (χ0) is 12.8. The molecule has 5 heteroatoms. The molecule has 2 aromatic rings. The summed E-state index contributed by atoms with van der Waals surface area (Å²) in [6, 6.07) is 17.9. The normalized spacial score (nSPS) is 10.3. The Labute approximate surface area is 144 Å². The number of para-hydroxylation sites is 2. The second kappa shape index (κ2) is 9.69. The van der Waals surface area contributed by atoms with Crippen LogP contribution in [0.3, 0.4) is 0 Å². The maximum atomic E-state index is 10.7. The smallest absolute Gasteiger partial charge is 1.00 e. The van der Waals surface area contributed by atoms with Crippen molar-refractivity contribution < 1.29 is 26.5 Å². The zero-order valence-electron chi connectivity index (χ0n) is 11.0. The van der Waals surface area contributed by atoms with Crippen LogP contribution >= 0.6 is 0 Å². The van der Waals surface area contributed by atoms with Crippen molar-refractivity contribution in [1.82, 2.24) is 0 Å². The molecule has 0 radical (unpaired) electrons.